The Morgan fingerprint density at radius 3 is 2.33 bits per heavy atom. The first-order valence-corrected chi connectivity index (χ1v) is 6.57. The second-order valence-corrected chi connectivity index (χ2v) is 4.30. The van der Waals surface area contributed by atoms with E-state index < -0.39 is 5.97 Å². The molecule has 2 rings (SSSR count). The number of rotatable bonds is 5. The molecule has 1 aromatic heterocycles. The fourth-order valence-corrected chi connectivity index (χ4v) is 2.16. The van der Waals surface area contributed by atoms with Crippen molar-refractivity contribution in [2.45, 2.75) is 13.5 Å². The first-order chi connectivity index (χ1) is 10.2. The minimum atomic E-state index is -0.425. The molecular formula is C15H18N2O4. The highest BCUT2D eigenvalue weighted by molar-refractivity contribution is 6.05. The number of benzene rings is 1. The minimum Gasteiger partial charge on any atom is -0.493 e. The first kappa shape index (κ1) is 15.1. The SMILES string of the molecule is CCOC(=O)c1cnc(CN)c2cc(OC)c(OC)cc12. The number of nitrogens with two attached hydrogens (primary N) is 1. The number of aromatic nitrogens is 1. The maximum absolute atomic E-state index is 12.0. The van der Waals surface area contributed by atoms with Crippen LogP contribution in [0.3, 0.4) is 0 Å². The van der Waals surface area contributed by atoms with E-state index in [1.165, 1.54) is 6.20 Å². The lowest BCUT2D eigenvalue weighted by Crippen LogP contribution is -2.09. The fourth-order valence-electron chi connectivity index (χ4n) is 2.16. The van der Waals surface area contributed by atoms with Crippen molar-refractivity contribution in [3.8, 4) is 11.5 Å². The van der Waals surface area contributed by atoms with Crippen LogP contribution in [0.1, 0.15) is 23.0 Å². The molecule has 0 aliphatic rings. The van der Waals surface area contributed by atoms with E-state index in [0.29, 0.717) is 34.7 Å². The molecule has 0 bridgehead atoms. The normalized spacial score (nSPS) is 10.5. The number of carbonyl (C=O) groups is 1. The van der Waals surface area contributed by atoms with Crippen molar-refractivity contribution < 1.29 is 19.0 Å². The molecule has 6 nitrogen and oxygen atoms in total. The predicted molar refractivity (Wildman–Crippen MR) is 78.7 cm³/mol. The van der Waals surface area contributed by atoms with Crippen LogP contribution in [0.4, 0.5) is 0 Å². The molecule has 2 N–H and O–H groups in total. The molecule has 2 aromatic rings. The molecule has 0 saturated heterocycles. The summed E-state index contributed by atoms with van der Waals surface area (Å²) in [5.41, 5.74) is 6.77. The molecule has 0 spiro atoms. The Hall–Kier alpha value is -2.34. The van der Waals surface area contributed by atoms with E-state index in [-0.39, 0.29) is 6.54 Å². The van der Waals surface area contributed by atoms with E-state index in [0.717, 1.165) is 5.39 Å². The Morgan fingerprint density at radius 1 is 1.19 bits per heavy atom. The monoisotopic (exact) mass is 290 g/mol. The van der Waals surface area contributed by atoms with Gasteiger partial charge in [-0.2, -0.15) is 0 Å². The smallest absolute Gasteiger partial charge is 0.340 e. The summed E-state index contributed by atoms with van der Waals surface area (Å²) in [7, 11) is 3.09. The van der Waals surface area contributed by atoms with Gasteiger partial charge in [0.1, 0.15) is 0 Å². The van der Waals surface area contributed by atoms with Gasteiger partial charge in [0.05, 0.1) is 32.1 Å². The summed E-state index contributed by atoms with van der Waals surface area (Å²) < 4.78 is 15.6. The molecule has 0 unspecified atom stereocenters. The van der Waals surface area contributed by atoms with Gasteiger partial charge in [-0.1, -0.05) is 0 Å². The van der Waals surface area contributed by atoms with Gasteiger partial charge in [0.2, 0.25) is 0 Å². The van der Waals surface area contributed by atoms with Crippen molar-refractivity contribution in [3.63, 3.8) is 0 Å². The largest absolute Gasteiger partial charge is 0.493 e. The van der Waals surface area contributed by atoms with E-state index in [4.69, 9.17) is 19.9 Å². The number of nitrogens with zero attached hydrogens (tertiary/aromatic N) is 1. The zero-order chi connectivity index (χ0) is 15.4. The van der Waals surface area contributed by atoms with Crippen molar-refractivity contribution in [1.29, 1.82) is 0 Å². The zero-order valence-corrected chi connectivity index (χ0v) is 12.3. The number of hydrogen-bond acceptors (Lipinski definition) is 6. The van der Waals surface area contributed by atoms with E-state index in [9.17, 15) is 4.79 Å². The molecule has 1 heterocycles. The van der Waals surface area contributed by atoms with E-state index in [2.05, 4.69) is 4.98 Å². The Labute approximate surface area is 122 Å². The van der Waals surface area contributed by atoms with Crippen LogP contribution in [0, 0.1) is 0 Å². The lowest BCUT2D eigenvalue weighted by Gasteiger charge is -2.13. The topological polar surface area (TPSA) is 83.7 Å². The molecule has 21 heavy (non-hydrogen) atoms. The predicted octanol–water partition coefficient (Wildman–Crippen LogP) is 1.89. The van der Waals surface area contributed by atoms with Crippen molar-refractivity contribution in [1.82, 2.24) is 4.98 Å². The molecule has 0 atom stereocenters. The molecule has 0 amide bonds. The molecule has 1 aromatic carbocycles. The van der Waals surface area contributed by atoms with Gasteiger partial charge in [0.15, 0.2) is 11.5 Å². The van der Waals surface area contributed by atoms with Gasteiger partial charge in [0.25, 0.3) is 0 Å². The maximum Gasteiger partial charge on any atom is 0.340 e. The first-order valence-electron chi connectivity index (χ1n) is 6.57. The quantitative estimate of drug-likeness (QED) is 0.847. The summed E-state index contributed by atoms with van der Waals surface area (Å²) in [6.45, 7) is 2.31. The highest BCUT2D eigenvalue weighted by Crippen LogP contribution is 2.34. The van der Waals surface area contributed by atoms with Crippen LogP contribution in [-0.4, -0.2) is 31.8 Å². The van der Waals surface area contributed by atoms with Gasteiger partial charge >= 0.3 is 5.97 Å². The third-order valence-corrected chi connectivity index (χ3v) is 3.16. The number of hydrogen-bond donors (Lipinski definition) is 1. The number of pyridine rings is 1. The van der Waals surface area contributed by atoms with E-state index in [1.807, 2.05) is 0 Å². The number of fused-ring (bicyclic) bond motifs is 1. The van der Waals surface area contributed by atoms with Crippen LogP contribution in [0.2, 0.25) is 0 Å². The summed E-state index contributed by atoms with van der Waals surface area (Å²) in [5.74, 6) is 0.665. The standard InChI is InChI=1S/C15H18N2O4/c1-4-21-15(18)11-8-17-12(7-16)10-6-14(20-3)13(19-2)5-9(10)11/h5-6,8H,4,7,16H2,1-3H3. The van der Waals surface area contributed by atoms with Gasteiger partial charge < -0.3 is 19.9 Å². The molecule has 0 aliphatic heterocycles. The number of esters is 1. The molecule has 0 fully saturated rings. The van der Waals surface area contributed by atoms with Gasteiger partial charge in [-0.05, 0) is 19.1 Å². The Bertz CT molecular complexity index is 670. The molecular weight excluding hydrogens is 272 g/mol. The zero-order valence-electron chi connectivity index (χ0n) is 12.3. The van der Waals surface area contributed by atoms with Gasteiger partial charge in [0, 0.05) is 23.5 Å². The van der Waals surface area contributed by atoms with Crippen LogP contribution in [-0.2, 0) is 11.3 Å². The van der Waals surface area contributed by atoms with Crippen molar-refractivity contribution in [3.05, 3.63) is 29.6 Å². The molecule has 6 heteroatoms. The lowest BCUT2D eigenvalue weighted by atomic mass is 10.0. The summed E-state index contributed by atoms with van der Waals surface area (Å²) in [4.78, 5) is 16.3. The van der Waals surface area contributed by atoms with Crippen molar-refractivity contribution >= 4 is 16.7 Å². The van der Waals surface area contributed by atoms with Crippen LogP contribution < -0.4 is 15.2 Å². The third kappa shape index (κ3) is 2.75. The van der Waals surface area contributed by atoms with E-state index >= 15 is 0 Å². The lowest BCUT2D eigenvalue weighted by molar-refractivity contribution is 0.0528. The average molecular weight is 290 g/mol. The minimum absolute atomic E-state index is 0.259. The maximum atomic E-state index is 12.0. The highest BCUT2D eigenvalue weighted by Gasteiger charge is 2.17. The van der Waals surface area contributed by atoms with Crippen LogP contribution >= 0.6 is 0 Å². The van der Waals surface area contributed by atoms with Crippen LogP contribution in [0.15, 0.2) is 18.3 Å². The highest BCUT2D eigenvalue weighted by atomic mass is 16.5. The molecule has 0 aliphatic carbocycles. The van der Waals surface area contributed by atoms with Crippen LogP contribution in [0.25, 0.3) is 10.8 Å². The summed E-state index contributed by atoms with van der Waals surface area (Å²) in [6, 6.07) is 3.51. The Balaban J connectivity index is 2.75. The third-order valence-electron chi connectivity index (χ3n) is 3.16. The molecule has 0 saturated carbocycles. The van der Waals surface area contributed by atoms with Crippen LogP contribution in [0.5, 0.6) is 11.5 Å². The second-order valence-electron chi connectivity index (χ2n) is 4.30. The van der Waals surface area contributed by atoms with Gasteiger partial charge in [-0.3, -0.25) is 4.98 Å². The Morgan fingerprint density at radius 2 is 1.81 bits per heavy atom. The van der Waals surface area contributed by atoms with Gasteiger partial charge in [-0.15, -0.1) is 0 Å². The second kappa shape index (κ2) is 6.41. The van der Waals surface area contributed by atoms with E-state index in [1.54, 1.807) is 33.3 Å². The summed E-state index contributed by atoms with van der Waals surface area (Å²) >= 11 is 0. The van der Waals surface area contributed by atoms with Gasteiger partial charge in [-0.25, -0.2) is 4.79 Å². The number of ether oxygens (including phenoxy) is 3. The number of carbonyl (C=O) groups excluding carboxylic acids is 1. The fraction of sp³-hybridized carbons (Fsp3) is 0.333. The van der Waals surface area contributed by atoms with Crippen molar-refractivity contribution in [2.24, 2.45) is 5.73 Å². The number of methoxy groups -OCH3 is 2. The molecule has 112 valence electrons. The molecule has 0 radical (unpaired) electrons. The average Bonchev–Trinajstić information content (AvgIpc) is 2.52. The summed E-state index contributed by atoms with van der Waals surface area (Å²) in [6.07, 6.45) is 1.48. The Kier molecular flexibility index (Phi) is 4.59. The van der Waals surface area contributed by atoms with Crippen molar-refractivity contribution in [2.75, 3.05) is 20.8 Å². The summed E-state index contributed by atoms with van der Waals surface area (Å²) in [5, 5.41) is 1.43.